The fraction of sp³-hybridized carbons (Fsp3) is 0.263. The summed E-state index contributed by atoms with van der Waals surface area (Å²) < 4.78 is 63.3. The number of aromatic nitrogens is 2. The quantitative estimate of drug-likeness (QED) is 0.0999. The van der Waals surface area contributed by atoms with Crippen LogP contribution in [0.2, 0.25) is 0 Å². The molecule has 0 fully saturated rings. The number of nitrogens with two attached hydrogens (primary N) is 1. The van der Waals surface area contributed by atoms with Crippen LogP contribution in [0.5, 0.6) is 5.75 Å². The Balaban J connectivity index is 0.00000137. The van der Waals surface area contributed by atoms with Crippen molar-refractivity contribution in [2.45, 2.75) is 26.4 Å². The number of halogens is 2. The molecule has 0 amide bonds. The standard InChI is InChI=1S/C19H20FIN4O3.2Na.H2O4S2/c1-19(2,3)28-18(26)25-14-8-15(27-4)16(22)17(11(14)9-23-25)24-13-6-5-10(21)7-12(13)20;;;1-5(2)6(3)4/h5-9,24H,22H2,1-4H3;;;(H,1,2)(H,3,4)/q;2*+1;/p-2. The van der Waals surface area contributed by atoms with Gasteiger partial charge in [0.1, 0.15) is 17.2 Å². The molecule has 0 bridgehead atoms. The molecule has 3 aromatic rings. The van der Waals surface area contributed by atoms with E-state index in [9.17, 15) is 9.18 Å². The monoisotopic (exact) mass is 672 g/mol. The number of nitrogen functional groups attached to an aromatic ring is 1. The zero-order valence-electron chi connectivity index (χ0n) is 20.3. The molecule has 2 atom stereocenters. The Hall–Kier alpha value is -0.340. The third-order valence-electron chi connectivity index (χ3n) is 3.97. The molecule has 1 heterocycles. The van der Waals surface area contributed by atoms with Gasteiger partial charge >= 0.3 is 65.2 Å². The van der Waals surface area contributed by atoms with Crippen LogP contribution in [-0.2, 0) is 25.0 Å². The Kier molecular flexibility index (Phi) is 15.2. The van der Waals surface area contributed by atoms with Gasteiger partial charge in [-0.3, -0.25) is 8.42 Å². The summed E-state index contributed by atoms with van der Waals surface area (Å²) in [7, 11) is -4.44. The number of benzene rings is 2. The van der Waals surface area contributed by atoms with Crippen LogP contribution in [0.4, 0.5) is 26.2 Å². The number of rotatable bonds is 4. The first-order chi connectivity index (χ1) is 15.7. The van der Waals surface area contributed by atoms with Gasteiger partial charge in [0.2, 0.25) is 0 Å². The van der Waals surface area contributed by atoms with Crippen LogP contribution in [-0.4, -0.2) is 46.1 Å². The van der Waals surface area contributed by atoms with Crippen LogP contribution < -0.4 is 74.9 Å². The summed E-state index contributed by atoms with van der Waals surface area (Å²) in [5, 5.41) is 7.66. The third kappa shape index (κ3) is 9.76. The predicted molar refractivity (Wildman–Crippen MR) is 133 cm³/mol. The van der Waals surface area contributed by atoms with Crippen LogP contribution in [0.25, 0.3) is 10.9 Å². The van der Waals surface area contributed by atoms with Crippen molar-refractivity contribution in [1.82, 2.24) is 9.78 Å². The molecule has 2 unspecified atom stereocenters. The Morgan fingerprint density at radius 1 is 1.19 bits per heavy atom. The molecule has 3 N–H and O–H groups in total. The van der Waals surface area contributed by atoms with Crippen LogP contribution in [0.1, 0.15) is 20.8 Å². The molecule has 36 heavy (non-hydrogen) atoms. The molecular formula is C19H20FIN4Na2O7S2. The number of nitrogens with one attached hydrogen (secondary N) is 1. The van der Waals surface area contributed by atoms with Gasteiger partial charge in [-0.05, 0) is 61.6 Å². The summed E-state index contributed by atoms with van der Waals surface area (Å²) in [6, 6.07) is 6.38. The molecule has 0 radical (unpaired) electrons. The van der Waals surface area contributed by atoms with E-state index in [2.05, 4.69) is 10.4 Å². The van der Waals surface area contributed by atoms with Crippen LogP contribution in [0.15, 0.2) is 30.5 Å². The molecule has 1 aromatic heterocycles. The number of carbonyl (C=O) groups is 1. The Bertz CT molecular complexity index is 1260. The molecule has 11 nitrogen and oxygen atoms in total. The molecule has 17 heteroatoms. The van der Waals surface area contributed by atoms with Gasteiger partial charge in [0.15, 0.2) is 0 Å². The number of hydrogen-bond acceptors (Lipinski definition) is 10. The summed E-state index contributed by atoms with van der Waals surface area (Å²) in [6.07, 6.45) is 0.836. The summed E-state index contributed by atoms with van der Waals surface area (Å²) in [5.74, 6) is -0.104. The molecule has 3 rings (SSSR count). The second kappa shape index (κ2) is 15.3. The van der Waals surface area contributed by atoms with Crippen LogP contribution in [0.3, 0.4) is 0 Å². The maximum Gasteiger partial charge on any atom is 1.00 e. The van der Waals surface area contributed by atoms with E-state index in [-0.39, 0.29) is 70.5 Å². The predicted octanol–water partition coefficient (Wildman–Crippen LogP) is -2.43. The molecule has 186 valence electrons. The van der Waals surface area contributed by atoms with Crippen molar-refractivity contribution < 1.29 is 95.3 Å². The molecule has 0 saturated carbocycles. The van der Waals surface area contributed by atoms with E-state index >= 15 is 0 Å². The maximum atomic E-state index is 14.3. The number of anilines is 3. The second-order valence-corrected chi connectivity index (χ2v) is 11.2. The molecule has 0 saturated heterocycles. The zero-order valence-corrected chi connectivity index (χ0v) is 28.1. The van der Waals surface area contributed by atoms with Crippen molar-refractivity contribution in [2.75, 3.05) is 18.2 Å². The maximum absolute atomic E-state index is 14.3. The van der Waals surface area contributed by atoms with Gasteiger partial charge in [-0.25, -0.2) is 9.18 Å². The molecule has 0 aliphatic rings. The van der Waals surface area contributed by atoms with Crippen molar-refractivity contribution in [1.29, 1.82) is 0 Å². The van der Waals surface area contributed by atoms with Gasteiger partial charge in [0.25, 0.3) is 0 Å². The van der Waals surface area contributed by atoms with Crippen molar-refractivity contribution in [2.24, 2.45) is 0 Å². The largest absolute Gasteiger partial charge is 1.00 e. The minimum atomic E-state index is -2.95. The molecule has 2 aromatic carbocycles. The molecule has 0 aliphatic heterocycles. The minimum Gasteiger partial charge on any atom is -0.763 e. The van der Waals surface area contributed by atoms with Gasteiger partial charge in [-0.1, -0.05) is 0 Å². The summed E-state index contributed by atoms with van der Waals surface area (Å²) in [6.45, 7) is 5.30. The second-order valence-electron chi connectivity index (χ2n) is 7.49. The van der Waals surface area contributed by atoms with Crippen molar-refractivity contribution in [3.05, 3.63) is 39.8 Å². The SMILES string of the molecule is COc1cc2c(cnn2C(=O)OC(C)(C)C)c(Nc2ccc(I)cc2F)c1N.O=S([O-])S(=O)[O-].[Na+].[Na+]. The summed E-state index contributed by atoms with van der Waals surface area (Å²) in [5.41, 5.74) is 6.86. The molecule has 0 spiro atoms. The van der Waals surface area contributed by atoms with Gasteiger partial charge in [-0.2, -0.15) is 9.78 Å². The Labute approximate surface area is 269 Å². The number of ether oxygens (including phenoxy) is 2. The average Bonchev–Trinajstić information content (AvgIpc) is 3.14. The summed E-state index contributed by atoms with van der Waals surface area (Å²) in [4.78, 5) is 12.5. The number of methoxy groups -OCH3 is 1. The minimum absolute atomic E-state index is 0. The normalized spacial score (nSPS) is 12.2. The first kappa shape index (κ1) is 35.7. The van der Waals surface area contributed by atoms with Gasteiger partial charge in [0, 0.05) is 35.2 Å². The van der Waals surface area contributed by atoms with E-state index in [1.165, 1.54) is 19.4 Å². The fourth-order valence-electron chi connectivity index (χ4n) is 2.64. The van der Waals surface area contributed by atoms with E-state index in [1.54, 1.807) is 39.0 Å². The Morgan fingerprint density at radius 2 is 1.78 bits per heavy atom. The van der Waals surface area contributed by atoms with E-state index < -0.39 is 37.7 Å². The summed E-state index contributed by atoms with van der Waals surface area (Å²) >= 11 is 2.03. The van der Waals surface area contributed by atoms with Gasteiger partial charge < -0.3 is 29.6 Å². The van der Waals surface area contributed by atoms with E-state index in [0.717, 1.165) is 8.25 Å². The van der Waals surface area contributed by atoms with Crippen molar-refractivity contribution in [3.63, 3.8) is 0 Å². The van der Waals surface area contributed by atoms with E-state index in [4.69, 9.17) is 32.7 Å². The third-order valence-corrected chi connectivity index (χ3v) is 5.53. The van der Waals surface area contributed by atoms with E-state index in [1.807, 2.05) is 22.6 Å². The van der Waals surface area contributed by atoms with Gasteiger partial charge in [0.05, 0.1) is 35.9 Å². The fourth-order valence-corrected chi connectivity index (χ4v) is 3.09. The smallest absolute Gasteiger partial charge is 0.763 e. The van der Waals surface area contributed by atoms with Crippen LogP contribution >= 0.6 is 22.6 Å². The van der Waals surface area contributed by atoms with E-state index in [0.29, 0.717) is 22.3 Å². The first-order valence-corrected chi connectivity index (χ1v) is 13.0. The number of carbonyl (C=O) groups excluding carboxylic acids is 1. The number of fused-ring (bicyclic) bond motifs is 1. The van der Waals surface area contributed by atoms with Crippen LogP contribution in [0, 0.1) is 9.39 Å². The zero-order chi connectivity index (χ0) is 25.8. The van der Waals surface area contributed by atoms with Gasteiger partial charge in [-0.15, -0.1) is 0 Å². The molecule has 0 aliphatic carbocycles. The average molecular weight is 672 g/mol. The topological polar surface area (TPSA) is 172 Å². The molecular weight excluding hydrogens is 652 g/mol. The first-order valence-electron chi connectivity index (χ1n) is 9.23. The Morgan fingerprint density at radius 3 is 2.25 bits per heavy atom. The number of hydrogen-bond donors (Lipinski definition) is 2. The van der Waals surface area contributed by atoms with Crippen molar-refractivity contribution in [3.8, 4) is 5.75 Å². The van der Waals surface area contributed by atoms with Crippen molar-refractivity contribution >= 4 is 76.9 Å². The number of nitrogens with zero attached hydrogens (tertiary/aromatic N) is 2.